The fourth-order valence-electron chi connectivity index (χ4n) is 0.756. The molecule has 1 heterocycles. The Bertz CT molecular complexity index is 233. The monoisotopic (exact) mass is 169 g/mol. The van der Waals surface area contributed by atoms with E-state index in [0.29, 0.717) is 18.7 Å². The molecule has 0 unspecified atom stereocenters. The van der Waals surface area contributed by atoms with Crippen molar-refractivity contribution in [2.45, 2.75) is 6.42 Å². The standard InChI is InChI=1S/C7H11N3O2/c11-3-1-2-9-7(12)6-4-8-5-10-6/h4-5,11H,1-3H2,(H,8,10)(H,9,12). The normalized spacial score (nSPS) is 9.75. The number of aromatic amines is 1. The molecule has 1 amide bonds. The molecule has 0 spiro atoms. The van der Waals surface area contributed by atoms with Crippen LogP contribution in [0.4, 0.5) is 0 Å². The first-order chi connectivity index (χ1) is 5.84. The van der Waals surface area contributed by atoms with Gasteiger partial charge in [0.15, 0.2) is 0 Å². The van der Waals surface area contributed by atoms with E-state index in [1.165, 1.54) is 12.5 Å². The minimum Gasteiger partial charge on any atom is -0.396 e. The maximum Gasteiger partial charge on any atom is 0.269 e. The zero-order valence-corrected chi connectivity index (χ0v) is 6.58. The van der Waals surface area contributed by atoms with Crippen LogP contribution in [0.3, 0.4) is 0 Å². The summed E-state index contributed by atoms with van der Waals surface area (Å²) >= 11 is 0. The summed E-state index contributed by atoms with van der Waals surface area (Å²) in [5, 5.41) is 11.1. The molecule has 0 aromatic carbocycles. The molecule has 0 aliphatic rings. The molecule has 0 aliphatic heterocycles. The van der Waals surface area contributed by atoms with E-state index >= 15 is 0 Å². The van der Waals surface area contributed by atoms with Crippen molar-refractivity contribution >= 4 is 5.91 Å². The number of aliphatic hydroxyl groups is 1. The lowest BCUT2D eigenvalue weighted by atomic mass is 10.4. The van der Waals surface area contributed by atoms with Gasteiger partial charge in [-0.3, -0.25) is 4.79 Å². The maximum absolute atomic E-state index is 11.1. The molecule has 3 N–H and O–H groups in total. The van der Waals surface area contributed by atoms with Gasteiger partial charge in [-0.25, -0.2) is 4.98 Å². The highest BCUT2D eigenvalue weighted by atomic mass is 16.3. The first kappa shape index (κ1) is 8.73. The highest BCUT2D eigenvalue weighted by Crippen LogP contribution is 1.89. The number of hydrogen-bond acceptors (Lipinski definition) is 3. The third-order valence-electron chi connectivity index (χ3n) is 1.36. The highest BCUT2D eigenvalue weighted by Gasteiger charge is 2.03. The van der Waals surface area contributed by atoms with Crippen LogP contribution in [0.5, 0.6) is 0 Å². The SMILES string of the molecule is O=C(NCCCO)c1cnc[nH]1. The molecular weight excluding hydrogens is 158 g/mol. The van der Waals surface area contributed by atoms with Crippen LogP contribution >= 0.6 is 0 Å². The van der Waals surface area contributed by atoms with Gasteiger partial charge in [0.05, 0.1) is 12.5 Å². The topological polar surface area (TPSA) is 78.0 Å². The molecule has 0 radical (unpaired) electrons. The van der Waals surface area contributed by atoms with Gasteiger partial charge in [0.1, 0.15) is 5.69 Å². The Labute approximate surface area is 69.8 Å². The third-order valence-corrected chi connectivity index (χ3v) is 1.36. The van der Waals surface area contributed by atoms with Crippen molar-refractivity contribution in [1.82, 2.24) is 15.3 Å². The molecule has 0 saturated heterocycles. The van der Waals surface area contributed by atoms with Gasteiger partial charge in [-0.2, -0.15) is 0 Å². The summed E-state index contributed by atoms with van der Waals surface area (Å²) in [6.07, 6.45) is 3.47. The molecule has 66 valence electrons. The van der Waals surface area contributed by atoms with Crippen molar-refractivity contribution in [2.75, 3.05) is 13.2 Å². The lowest BCUT2D eigenvalue weighted by Gasteiger charge is -2.00. The number of aromatic nitrogens is 2. The summed E-state index contributed by atoms with van der Waals surface area (Å²) in [7, 11) is 0. The zero-order chi connectivity index (χ0) is 8.81. The van der Waals surface area contributed by atoms with Gasteiger partial charge in [-0.15, -0.1) is 0 Å². The van der Waals surface area contributed by atoms with Gasteiger partial charge < -0.3 is 15.4 Å². The van der Waals surface area contributed by atoms with E-state index in [1.807, 2.05) is 0 Å². The smallest absolute Gasteiger partial charge is 0.269 e. The van der Waals surface area contributed by atoms with E-state index in [0.717, 1.165) is 0 Å². The van der Waals surface area contributed by atoms with Crippen molar-refractivity contribution in [1.29, 1.82) is 0 Å². The summed E-state index contributed by atoms with van der Waals surface area (Å²) < 4.78 is 0. The lowest BCUT2D eigenvalue weighted by molar-refractivity contribution is 0.0946. The Hall–Kier alpha value is -1.36. The number of aliphatic hydroxyl groups excluding tert-OH is 1. The number of carbonyl (C=O) groups excluding carboxylic acids is 1. The Morgan fingerprint density at radius 1 is 1.75 bits per heavy atom. The van der Waals surface area contributed by atoms with Crippen LogP contribution in [-0.4, -0.2) is 34.1 Å². The summed E-state index contributed by atoms with van der Waals surface area (Å²) in [5.74, 6) is -0.194. The number of imidazole rings is 1. The first-order valence-electron chi connectivity index (χ1n) is 3.72. The number of H-pyrrole nitrogens is 1. The van der Waals surface area contributed by atoms with Crippen molar-refractivity contribution in [2.24, 2.45) is 0 Å². The highest BCUT2D eigenvalue weighted by molar-refractivity contribution is 5.91. The Kier molecular flexibility index (Phi) is 3.28. The first-order valence-corrected chi connectivity index (χ1v) is 3.72. The van der Waals surface area contributed by atoms with Gasteiger partial charge >= 0.3 is 0 Å². The molecule has 0 atom stereocenters. The van der Waals surface area contributed by atoms with Crippen LogP contribution in [0.2, 0.25) is 0 Å². The largest absolute Gasteiger partial charge is 0.396 e. The Morgan fingerprint density at radius 2 is 2.58 bits per heavy atom. The van der Waals surface area contributed by atoms with Crippen LogP contribution in [0.15, 0.2) is 12.5 Å². The molecule has 1 rings (SSSR count). The quantitative estimate of drug-likeness (QED) is 0.533. The number of carbonyl (C=O) groups is 1. The molecule has 5 heteroatoms. The molecule has 5 nitrogen and oxygen atoms in total. The molecular formula is C7H11N3O2. The number of nitrogens with one attached hydrogen (secondary N) is 2. The number of amides is 1. The fraction of sp³-hybridized carbons (Fsp3) is 0.429. The second kappa shape index (κ2) is 4.50. The van der Waals surface area contributed by atoms with Crippen LogP contribution in [-0.2, 0) is 0 Å². The molecule has 0 aliphatic carbocycles. The van der Waals surface area contributed by atoms with E-state index in [9.17, 15) is 4.79 Å². The van der Waals surface area contributed by atoms with Gasteiger partial charge in [0.25, 0.3) is 5.91 Å². The lowest BCUT2D eigenvalue weighted by Crippen LogP contribution is -2.25. The van der Waals surface area contributed by atoms with Gasteiger partial charge in [-0.1, -0.05) is 0 Å². The molecule has 1 aromatic heterocycles. The predicted molar refractivity (Wildman–Crippen MR) is 42.6 cm³/mol. The second-order valence-electron chi connectivity index (χ2n) is 2.30. The molecule has 12 heavy (non-hydrogen) atoms. The molecule has 1 aromatic rings. The van der Waals surface area contributed by atoms with Gasteiger partial charge in [0, 0.05) is 13.2 Å². The van der Waals surface area contributed by atoms with Crippen molar-refractivity contribution in [3.05, 3.63) is 18.2 Å². The van der Waals surface area contributed by atoms with E-state index in [-0.39, 0.29) is 12.5 Å². The predicted octanol–water partition coefficient (Wildman–Crippen LogP) is -0.478. The van der Waals surface area contributed by atoms with Crippen molar-refractivity contribution in [3.8, 4) is 0 Å². The Balaban J connectivity index is 2.30. The molecule has 0 saturated carbocycles. The van der Waals surface area contributed by atoms with E-state index in [4.69, 9.17) is 5.11 Å². The number of rotatable bonds is 4. The second-order valence-corrected chi connectivity index (χ2v) is 2.30. The minimum atomic E-state index is -0.194. The average molecular weight is 169 g/mol. The van der Waals surface area contributed by atoms with E-state index in [1.54, 1.807) is 0 Å². The van der Waals surface area contributed by atoms with Crippen LogP contribution in [0, 0.1) is 0 Å². The maximum atomic E-state index is 11.1. The number of hydrogen-bond donors (Lipinski definition) is 3. The van der Waals surface area contributed by atoms with Crippen LogP contribution in [0.25, 0.3) is 0 Å². The third kappa shape index (κ3) is 2.35. The van der Waals surface area contributed by atoms with Crippen molar-refractivity contribution in [3.63, 3.8) is 0 Å². The van der Waals surface area contributed by atoms with E-state index in [2.05, 4.69) is 15.3 Å². The summed E-state index contributed by atoms with van der Waals surface area (Å²) in [6.45, 7) is 0.567. The molecule has 0 bridgehead atoms. The summed E-state index contributed by atoms with van der Waals surface area (Å²) in [4.78, 5) is 17.5. The molecule has 0 fully saturated rings. The minimum absolute atomic E-state index is 0.0866. The Morgan fingerprint density at radius 3 is 3.17 bits per heavy atom. The van der Waals surface area contributed by atoms with Gasteiger partial charge in [0.2, 0.25) is 0 Å². The van der Waals surface area contributed by atoms with Crippen molar-refractivity contribution < 1.29 is 9.90 Å². The summed E-state index contributed by atoms with van der Waals surface area (Å²) in [6, 6.07) is 0. The fourth-order valence-corrected chi connectivity index (χ4v) is 0.756. The van der Waals surface area contributed by atoms with Crippen LogP contribution in [0.1, 0.15) is 16.9 Å². The van der Waals surface area contributed by atoms with Gasteiger partial charge in [-0.05, 0) is 6.42 Å². The number of nitrogens with zero attached hydrogens (tertiary/aromatic N) is 1. The summed E-state index contributed by atoms with van der Waals surface area (Å²) in [5.41, 5.74) is 0.438. The zero-order valence-electron chi connectivity index (χ0n) is 6.58. The van der Waals surface area contributed by atoms with E-state index < -0.39 is 0 Å². The van der Waals surface area contributed by atoms with Crippen LogP contribution < -0.4 is 5.32 Å². The average Bonchev–Trinajstić information content (AvgIpc) is 2.56.